The lowest BCUT2D eigenvalue weighted by Crippen LogP contribution is -2.46. The first-order valence-corrected chi connectivity index (χ1v) is 10.3. The summed E-state index contributed by atoms with van der Waals surface area (Å²) in [6.07, 6.45) is -2.92. The minimum Gasteiger partial charge on any atom is -0.484 e. The molecule has 2 N–H and O–H groups in total. The van der Waals surface area contributed by atoms with Crippen molar-refractivity contribution in [3.63, 3.8) is 0 Å². The first kappa shape index (κ1) is 27.8. The maximum atomic E-state index is 12.5. The molecule has 6 nitrogen and oxygen atoms in total. The predicted molar refractivity (Wildman–Crippen MR) is 127 cm³/mol. The van der Waals surface area contributed by atoms with E-state index in [0.717, 1.165) is 38.2 Å². The zero-order valence-corrected chi connectivity index (χ0v) is 20.9. The van der Waals surface area contributed by atoms with Gasteiger partial charge in [-0.1, -0.05) is 12.1 Å². The van der Waals surface area contributed by atoms with Gasteiger partial charge in [0.2, 0.25) is 0 Å². The number of morpholine rings is 1. The summed E-state index contributed by atoms with van der Waals surface area (Å²) < 4.78 is 48.3. The molecule has 0 radical (unpaired) electrons. The van der Waals surface area contributed by atoms with E-state index >= 15 is 0 Å². The molecule has 1 heterocycles. The molecule has 1 saturated heterocycles. The number of aryl methyl sites for hydroxylation is 1. The molecule has 0 saturated carbocycles. The minimum absolute atomic E-state index is 0. The SMILES string of the molecule is CN=C(NCCCN1CC(C)OC(C)C1)NCc1ccc(C)cc1OCC(F)(F)F.I. The maximum absolute atomic E-state index is 12.5. The highest BCUT2D eigenvalue weighted by molar-refractivity contribution is 14.0. The Balaban J connectivity index is 0.00000480. The molecule has 1 aliphatic heterocycles. The van der Waals surface area contributed by atoms with Crippen molar-refractivity contribution < 1.29 is 22.6 Å². The van der Waals surface area contributed by atoms with Crippen molar-refractivity contribution in [2.24, 2.45) is 4.99 Å². The molecule has 1 aromatic carbocycles. The monoisotopic (exact) mass is 558 g/mol. The van der Waals surface area contributed by atoms with Crippen molar-refractivity contribution in [2.45, 2.75) is 52.1 Å². The van der Waals surface area contributed by atoms with Gasteiger partial charge in [-0.15, -0.1) is 24.0 Å². The van der Waals surface area contributed by atoms with Gasteiger partial charge in [0.1, 0.15) is 5.75 Å². The number of aliphatic imine (C=N–C) groups is 1. The smallest absolute Gasteiger partial charge is 0.422 e. The summed E-state index contributed by atoms with van der Waals surface area (Å²) in [4.78, 5) is 6.58. The molecule has 0 bridgehead atoms. The second kappa shape index (κ2) is 13.3. The Labute approximate surface area is 200 Å². The van der Waals surface area contributed by atoms with Crippen LogP contribution in [0.25, 0.3) is 0 Å². The molecule has 0 spiro atoms. The number of hydrogen-bond acceptors (Lipinski definition) is 4. The first-order valence-electron chi connectivity index (χ1n) is 10.3. The number of ether oxygens (including phenoxy) is 2. The van der Waals surface area contributed by atoms with Gasteiger partial charge in [0, 0.05) is 45.3 Å². The summed E-state index contributed by atoms with van der Waals surface area (Å²) in [6, 6.07) is 5.23. The fourth-order valence-corrected chi connectivity index (χ4v) is 3.48. The van der Waals surface area contributed by atoms with Crippen LogP contribution in [0.3, 0.4) is 0 Å². The third-order valence-corrected chi connectivity index (χ3v) is 4.72. The number of rotatable bonds is 8. The standard InChI is InChI=1S/C21H33F3N4O2.HI/c1-15-6-7-18(19(10-15)29-14-21(22,23)24)11-27-20(25-4)26-8-5-9-28-12-16(2)30-17(3)13-28;/h6-7,10,16-17H,5,8-9,11-14H2,1-4H3,(H2,25,26,27);1H. The summed E-state index contributed by atoms with van der Waals surface area (Å²) in [5.74, 6) is 0.826. The number of alkyl halides is 3. The van der Waals surface area contributed by atoms with Crippen LogP contribution in [0, 0.1) is 6.92 Å². The Morgan fingerprint density at radius 3 is 2.52 bits per heavy atom. The maximum Gasteiger partial charge on any atom is 0.422 e. The third-order valence-electron chi connectivity index (χ3n) is 4.72. The molecule has 1 aromatic rings. The van der Waals surface area contributed by atoms with Gasteiger partial charge >= 0.3 is 6.18 Å². The van der Waals surface area contributed by atoms with Crippen LogP contribution in [0.4, 0.5) is 13.2 Å². The molecule has 2 atom stereocenters. The van der Waals surface area contributed by atoms with Crippen molar-refractivity contribution >= 4 is 29.9 Å². The summed E-state index contributed by atoms with van der Waals surface area (Å²) in [5.41, 5.74) is 1.48. The topological polar surface area (TPSA) is 58.1 Å². The van der Waals surface area contributed by atoms with Crippen LogP contribution in [0.1, 0.15) is 31.4 Å². The highest BCUT2D eigenvalue weighted by Gasteiger charge is 2.28. The Morgan fingerprint density at radius 2 is 1.90 bits per heavy atom. The molecule has 178 valence electrons. The van der Waals surface area contributed by atoms with Gasteiger partial charge in [-0.3, -0.25) is 9.89 Å². The van der Waals surface area contributed by atoms with Gasteiger partial charge in [0.15, 0.2) is 12.6 Å². The molecule has 0 aromatic heterocycles. The summed E-state index contributed by atoms with van der Waals surface area (Å²) >= 11 is 0. The van der Waals surface area contributed by atoms with Gasteiger partial charge in [-0.05, 0) is 38.8 Å². The number of hydrogen-bond donors (Lipinski definition) is 2. The number of nitrogens with one attached hydrogen (secondary N) is 2. The first-order chi connectivity index (χ1) is 14.2. The molecular formula is C21H34F3IN4O2. The lowest BCUT2D eigenvalue weighted by Gasteiger charge is -2.35. The van der Waals surface area contributed by atoms with Gasteiger partial charge in [-0.2, -0.15) is 13.2 Å². The summed E-state index contributed by atoms with van der Waals surface area (Å²) in [7, 11) is 1.66. The van der Waals surface area contributed by atoms with E-state index < -0.39 is 12.8 Å². The van der Waals surface area contributed by atoms with E-state index in [1.165, 1.54) is 0 Å². The largest absolute Gasteiger partial charge is 0.484 e. The average Bonchev–Trinajstić information content (AvgIpc) is 2.65. The van der Waals surface area contributed by atoms with Crippen molar-refractivity contribution in [2.75, 3.05) is 39.8 Å². The molecule has 2 rings (SSSR count). The van der Waals surface area contributed by atoms with Crippen LogP contribution in [-0.4, -0.2) is 69.1 Å². The average molecular weight is 558 g/mol. The van der Waals surface area contributed by atoms with E-state index in [1.54, 1.807) is 19.2 Å². The minimum atomic E-state index is -4.37. The van der Waals surface area contributed by atoms with Crippen molar-refractivity contribution in [1.82, 2.24) is 15.5 Å². The molecule has 1 fully saturated rings. The Kier molecular flexibility index (Phi) is 11.9. The molecule has 0 aliphatic carbocycles. The van der Waals surface area contributed by atoms with E-state index in [0.29, 0.717) is 18.1 Å². The number of guanidine groups is 1. The van der Waals surface area contributed by atoms with Crippen LogP contribution in [-0.2, 0) is 11.3 Å². The highest BCUT2D eigenvalue weighted by Crippen LogP contribution is 2.23. The fourth-order valence-electron chi connectivity index (χ4n) is 3.48. The molecule has 1 aliphatic rings. The normalized spacial score (nSPS) is 20.2. The second-order valence-electron chi connectivity index (χ2n) is 7.74. The molecular weight excluding hydrogens is 524 g/mol. The predicted octanol–water partition coefficient (Wildman–Crippen LogP) is 3.72. The number of benzene rings is 1. The molecule has 10 heteroatoms. The van der Waals surface area contributed by atoms with E-state index in [1.807, 2.05) is 13.0 Å². The third kappa shape index (κ3) is 10.7. The van der Waals surface area contributed by atoms with E-state index in [-0.39, 0.29) is 41.9 Å². The van der Waals surface area contributed by atoms with Gasteiger partial charge in [-0.25, -0.2) is 0 Å². The summed E-state index contributed by atoms with van der Waals surface area (Å²) in [5, 5.41) is 6.39. The van der Waals surface area contributed by atoms with Gasteiger partial charge in [0.25, 0.3) is 0 Å². The summed E-state index contributed by atoms with van der Waals surface area (Å²) in [6.45, 7) is 8.57. The highest BCUT2D eigenvalue weighted by atomic mass is 127. The van der Waals surface area contributed by atoms with Crippen LogP contribution < -0.4 is 15.4 Å². The second-order valence-corrected chi connectivity index (χ2v) is 7.74. The van der Waals surface area contributed by atoms with E-state index in [9.17, 15) is 13.2 Å². The Bertz CT molecular complexity index is 694. The zero-order chi connectivity index (χ0) is 22.1. The van der Waals surface area contributed by atoms with E-state index in [4.69, 9.17) is 9.47 Å². The Morgan fingerprint density at radius 1 is 1.23 bits per heavy atom. The Hall–Kier alpha value is -1.27. The lowest BCUT2D eigenvalue weighted by atomic mass is 10.1. The van der Waals surface area contributed by atoms with Crippen molar-refractivity contribution in [3.05, 3.63) is 29.3 Å². The number of halogens is 4. The van der Waals surface area contributed by atoms with Crippen LogP contribution in [0.5, 0.6) is 5.75 Å². The van der Waals surface area contributed by atoms with Crippen molar-refractivity contribution in [3.8, 4) is 5.75 Å². The van der Waals surface area contributed by atoms with Gasteiger partial charge in [0.05, 0.1) is 12.2 Å². The quantitative estimate of drug-likeness (QED) is 0.221. The molecule has 2 unspecified atom stereocenters. The zero-order valence-electron chi connectivity index (χ0n) is 18.6. The number of nitrogens with zero attached hydrogens (tertiary/aromatic N) is 2. The van der Waals surface area contributed by atoms with Crippen LogP contribution in [0.2, 0.25) is 0 Å². The molecule has 0 amide bonds. The van der Waals surface area contributed by atoms with E-state index in [2.05, 4.69) is 34.4 Å². The molecule has 31 heavy (non-hydrogen) atoms. The van der Waals surface area contributed by atoms with Gasteiger partial charge < -0.3 is 20.1 Å². The fraction of sp³-hybridized carbons (Fsp3) is 0.667. The van der Waals surface area contributed by atoms with Crippen LogP contribution in [0.15, 0.2) is 23.2 Å². The lowest BCUT2D eigenvalue weighted by molar-refractivity contribution is -0.153. The van der Waals surface area contributed by atoms with Crippen molar-refractivity contribution in [1.29, 1.82) is 0 Å². The van der Waals surface area contributed by atoms with Crippen LogP contribution >= 0.6 is 24.0 Å².